The molecule has 0 aliphatic carbocycles. The van der Waals surface area contributed by atoms with Gasteiger partial charge in [-0.1, -0.05) is 18.2 Å². The van der Waals surface area contributed by atoms with Gasteiger partial charge in [0.05, 0.1) is 6.61 Å². The molecule has 1 aliphatic rings. The van der Waals surface area contributed by atoms with Crippen molar-refractivity contribution in [3.8, 4) is 5.75 Å². The summed E-state index contributed by atoms with van der Waals surface area (Å²) in [7, 11) is 0. The Kier molecular flexibility index (Phi) is 5.21. The maximum Gasteiger partial charge on any atom is 0.225 e. The molecular weight excluding hydrogens is 276 g/mol. The lowest BCUT2D eigenvalue weighted by Gasteiger charge is -2.34. The molecule has 1 aromatic carbocycles. The van der Waals surface area contributed by atoms with Crippen LogP contribution in [0.25, 0.3) is 0 Å². The summed E-state index contributed by atoms with van der Waals surface area (Å²) in [5.41, 5.74) is 0. The van der Waals surface area contributed by atoms with E-state index in [0.29, 0.717) is 0 Å². The number of para-hydroxylation sites is 1. The minimum absolute atomic E-state index is 0.770. The highest BCUT2D eigenvalue weighted by Gasteiger charge is 2.18. The van der Waals surface area contributed by atoms with Gasteiger partial charge in [-0.05, 0) is 24.6 Å². The number of benzene rings is 1. The van der Waals surface area contributed by atoms with Crippen LogP contribution in [0.2, 0.25) is 0 Å². The third-order valence-corrected chi connectivity index (χ3v) is 3.84. The predicted octanol–water partition coefficient (Wildman–Crippen LogP) is 2.07. The van der Waals surface area contributed by atoms with E-state index in [1.54, 1.807) is 12.4 Å². The summed E-state index contributed by atoms with van der Waals surface area (Å²) in [5, 5.41) is 0. The lowest BCUT2D eigenvalue weighted by molar-refractivity contribution is 0.224. The first-order valence-electron chi connectivity index (χ1n) is 7.84. The fourth-order valence-electron chi connectivity index (χ4n) is 2.62. The number of ether oxygens (including phenoxy) is 1. The standard InChI is InChI=1S/C17H22N4O/c1-2-6-16(7-3-1)22-15-5-10-20-11-13-21(14-12-20)17-18-8-4-9-19-17/h1-4,6-9H,5,10-15H2. The van der Waals surface area contributed by atoms with Gasteiger partial charge in [-0.15, -0.1) is 0 Å². The molecule has 0 unspecified atom stereocenters. The summed E-state index contributed by atoms with van der Waals surface area (Å²) in [4.78, 5) is 13.4. The van der Waals surface area contributed by atoms with Crippen LogP contribution in [0.5, 0.6) is 5.75 Å². The molecule has 0 bridgehead atoms. The minimum atomic E-state index is 0.770. The average molecular weight is 298 g/mol. The van der Waals surface area contributed by atoms with Crippen LogP contribution in [0.15, 0.2) is 48.8 Å². The predicted molar refractivity (Wildman–Crippen MR) is 87.2 cm³/mol. The molecule has 0 atom stereocenters. The maximum atomic E-state index is 5.73. The second-order valence-corrected chi connectivity index (χ2v) is 5.39. The molecule has 0 amide bonds. The van der Waals surface area contributed by atoms with Crippen molar-refractivity contribution in [2.75, 3.05) is 44.2 Å². The lowest BCUT2D eigenvalue weighted by Crippen LogP contribution is -2.47. The Balaban J connectivity index is 1.34. The van der Waals surface area contributed by atoms with Gasteiger partial charge < -0.3 is 9.64 Å². The molecule has 3 rings (SSSR count). The Morgan fingerprint density at radius 2 is 1.64 bits per heavy atom. The zero-order valence-corrected chi connectivity index (χ0v) is 12.8. The van der Waals surface area contributed by atoms with E-state index in [1.165, 1.54) is 0 Å². The van der Waals surface area contributed by atoms with Gasteiger partial charge >= 0.3 is 0 Å². The minimum Gasteiger partial charge on any atom is -0.494 e. The average Bonchev–Trinajstić information content (AvgIpc) is 2.61. The first-order valence-corrected chi connectivity index (χ1v) is 7.84. The van der Waals surface area contributed by atoms with Crippen molar-refractivity contribution in [1.82, 2.24) is 14.9 Å². The number of nitrogens with zero attached hydrogens (tertiary/aromatic N) is 4. The molecule has 1 aromatic heterocycles. The first-order chi connectivity index (χ1) is 10.9. The Labute approximate surface area is 131 Å². The molecule has 5 nitrogen and oxygen atoms in total. The third-order valence-electron chi connectivity index (χ3n) is 3.84. The second-order valence-electron chi connectivity index (χ2n) is 5.39. The highest BCUT2D eigenvalue weighted by atomic mass is 16.5. The monoisotopic (exact) mass is 298 g/mol. The van der Waals surface area contributed by atoms with Gasteiger partial charge in [0, 0.05) is 45.1 Å². The van der Waals surface area contributed by atoms with Crippen molar-refractivity contribution < 1.29 is 4.74 Å². The zero-order valence-electron chi connectivity index (χ0n) is 12.8. The van der Waals surface area contributed by atoms with E-state index in [9.17, 15) is 0 Å². The quantitative estimate of drug-likeness (QED) is 0.764. The van der Waals surface area contributed by atoms with Crippen LogP contribution >= 0.6 is 0 Å². The highest BCUT2D eigenvalue weighted by Crippen LogP contribution is 2.11. The largest absolute Gasteiger partial charge is 0.494 e. The Bertz CT molecular complexity index is 541. The van der Waals surface area contributed by atoms with Crippen LogP contribution in [0, 0.1) is 0 Å². The van der Waals surface area contributed by atoms with Gasteiger partial charge in [0.2, 0.25) is 5.95 Å². The van der Waals surface area contributed by atoms with Crippen molar-refractivity contribution in [2.45, 2.75) is 6.42 Å². The summed E-state index contributed by atoms with van der Waals surface area (Å²) in [6.07, 6.45) is 4.65. The lowest BCUT2D eigenvalue weighted by atomic mass is 10.3. The van der Waals surface area contributed by atoms with Gasteiger partial charge in [-0.3, -0.25) is 4.90 Å². The first kappa shape index (κ1) is 14.8. The van der Waals surface area contributed by atoms with Crippen molar-refractivity contribution in [3.05, 3.63) is 48.8 Å². The topological polar surface area (TPSA) is 41.5 Å². The van der Waals surface area contributed by atoms with Gasteiger partial charge in [0.25, 0.3) is 0 Å². The van der Waals surface area contributed by atoms with Crippen LogP contribution in [-0.4, -0.2) is 54.2 Å². The summed E-state index contributed by atoms with van der Waals surface area (Å²) in [5.74, 6) is 1.79. The van der Waals surface area contributed by atoms with E-state index in [4.69, 9.17) is 4.74 Å². The fourth-order valence-corrected chi connectivity index (χ4v) is 2.62. The number of hydrogen-bond donors (Lipinski definition) is 0. The van der Waals surface area contributed by atoms with Gasteiger partial charge in [-0.2, -0.15) is 0 Å². The second kappa shape index (κ2) is 7.75. The van der Waals surface area contributed by atoms with Gasteiger partial charge in [-0.25, -0.2) is 9.97 Å². The Morgan fingerprint density at radius 1 is 0.909 bits per heavy atom. The third kappa shape index (κ3) is 4.18. The molecule has 0 saturated carbocycles. The number of hydrogen-bond acceptors (Lipinski definition) is 5. The molecule has 1 saturated heterocycles. The van der Waals surface area contributed by atoms with E-state index in [-0.39, 0.29) is 0 Å². The summed E-state index contributed by atoms with van der Waals surface area (Å²) in [6, 6.07) is 11.9. The van der Waals surface area contributed by atoms with E-state index in [1.807, 2.05) is 36.4 Å². The van der Waals surface area contributed by atoms with Crippen LogP contribution in [0.4, 0.5) is 5.95 Å². The van der Waals surface area contributed by atoms with Crippen molar-refractivity contribution >= 4 is 5.95 Å². The van der Waals surface area contributed by atoms with Gasteiger partial charge in [0.1, 0.15) is 5.75 Å². The van der Waals surface area contributed by atoms with E-state index in [0.717, 1.165) is 57.4 Å². The Hall–Kier alpha value is -2.14. The number of aromatic nitrogens is 2. The summed E-state index contributed by atoms with van der Waals surface area (Å²) in [6.45, 7) is 5.95. The van der Waals surface area contributed by atoms with E-state index >= 15 is 0 Å². The van der Waals surface area contributed by atoms with Gasteiger partial charge in [0.15, 0.2) is 0 Å². The molecule has 0 N–H and O–H groups in total. The van der Waals surface area contributed by atoms with Crippen molar-refractivity contribution in [3.63, 3.8) is 0 Å². The smallest absolute Gasteiger partial charge is 0.225 e. The summed E-state index contributed by atoms with van der Waals surface area (Å²) >= 11 is 0. The molecule has 2 heterocycles. The number of anilines is 1. The van der Waals surface area contributed by atoms with E-state index in [2.05, 4.69) is 19.8 Å². The zero-order chi connectivity index (χ0) is 15.0. The maximum absolute atomic E-state index is 5.73. The van der Waals surface area contributed by atoms with Crippen molar-refractivity contribution in [1.29, 1.82) is 0 Å². The molecular formula is C17H22N4O. The van der Waals surface area contributed by atoms with Crippen LogP contribution in [0.3, 0.4) is 0 Å². The highest BCUT2D eigenvalue weighted by molar-refractivity contribution is 5.29. The van der Waals surface area contributed by atoms with Crippen LogP contribution in [-0.2, 0) is 0 Å². The normalized spacial score (nSPS) is 15.7. The Morgan fingerprint density at radius 3 is 2.36 bits per heavy atom. The number of rotatable bonds is 6. The molecule has 22 heavy (non-hydrogen) atoms. The number of piperazine rings is 1. The molecule has 2 aromatic rings. The van der Waals surface area contributed by atoms with E-state index < -0.39 is 0 Å². The molecule has 1 aliphatic heterocycles. The molecule has 116 valence electrons. The molecule has 0 spiro atoms. The SMILES string of the molecule is c1ccc(OCCCN2CCN(c3ncccn3)CC2)cc1. The summed E-state index contributed by atoms with van der Waals surface area (Å²) < 4.78 is 5.73. The molecule has 1 fully saturated rings. The van der Waals surface area contributed by atoms with Crippen LogP contribution in [0.1, 0.15) is 6.42 Å². The molecule has 0 radical (unpaired) electrons. The van der Waals surface area contributed by atoms with Crippen molar-refractivity contribution in [2.24, 2.45) is 0 Å². The molecule has 5 heteroatoms. The fraction of sp³-hybridized carbons (Fsp3) is 0.412. The van der Waals surface area contributed by atoms with Crippen LogP contribution < -0.4 is 9.64 Å².